The first-order chi connectivity index (χ1) is 12.9. The number of nitrogens with one attached hydrogen (secondary N) is 1. The maximum absolute atomic E-state index is 13.8. The van der Waals surface area contributed by atoms with Gasteiger partial charge in [-0.05, 0) is 23.8 Å². The number of amides is 2. The van der Waals surface area contributed by atoms with Crippen LogP contribution in [0.5, 0.6) is 0 Å². The van der Waals surface area contributed by atoms with Crippen molar-refractivity contribution in [1.29, 1.82) is 0 Å². The van der Waals surface area contributed by atoms with Crippen LogP contribution in [-0.2, 0) is 4.79 Å². The number of hydrogen-bond donors (Lipinski definition) is 1. The monoisotopic (exact) mass is 369 g/mol. The number of aromatic amines is 1. The van der Waals surface area contributed by atoms with Crippen LogP contribution in [0.4, 0.5) is 4.39 Å². The third kappa shape index (κ3) is 3.13. The zero-order valence-electron chi connectivity index (χ0n) is 14.9. The largest absolute Gasteiger partial charge is 0.338 e. The van der Waals surface area contributed by atoms with Crippen LogP contribution in [0.2, 0.25) is 0 Å². The van der Waals surface area contributed by atoms with E-state index in [4.69, 9.17) is 0 Å². The molecule has 2 aliphatic heterocycles. The summed E-state index contributed by atoms with van der Waals surface area (Å²) in [6.45, 7) is 3.11. The van der Waals surface area contributed by atoms with E-state index in [1.165, 1.54) is 37.4 Å². The van der Waals surface area contributed by atoms with Gasteiger partial charge in [0.1, 0.15) is 5.82 Å². The molecule has 2 aromatic rings. The number of hydrogen-bond acceptors (Lipinski definition) is 3. The molecule has 4 rings (SSSR count). The number of carbonyl (C=O) groups is 2. The minimum atomic E-state index is -0.335. The van der Waals surface area contributed by atoms with Gasteiger partial charge in [0.2, 0.25) is 11.5 Å². The number of halogens is 1. The van der Waals surface area contributed by atoms with E-state index in [1.807, 2.05) is 6.07 Å². The molecule has 0 saturated carbocycles. The Balaban J connectivity index is 1.60. The SMILES string of the molecule is CC(=O)N1C[C@H]2CN(C(=O)c3ccc(=O)[nH]c3)C[C@H]2[C@@H]1c1cccc(F)c1. The van der Waals surface area contributed by atoms with Gasteiger partial charge in [0.25, 0.3) is 5.91 Å². The van der Waals surface area contributed by atoms with E-state index in [1.54, 1.807) is 15.9 Å². The predicted molar refractivity (Wildman–Crippen MR) is 96.5 cm³/mol. The molecule has 1 aromatic carbocycles. The number of aromatic nitrogens is 1. The molecule has 2 amide bonds. The molecule has 7 heteroatoms. The minimum Gasteiger partial charge on any atom is -0.338 e. The Labute approximate surface area is 155 Å². The van der Waals surface area contributed by atoms with E-state index in [0.717, 1.165) is 5.56 Å². The highest BCUT2D eigenvalue weighted by molar-refractivity contribution is 5.94. The molecular weight excluding hydrogens is 349 g/mol. The highest BCUT2D eigenvalue weighted by Gasteiger charge is 2.49. The van der Waals surface area contributed by atoms with Crippen molar-refractivity contribution >= 4 is 11.8 Å². The zero-order valence-corrected chi connectivity index (χ0v) is 14.9. The van der Waals surface area contributed by atoms with Gasteiger partial charge in [0, 0.05) is 50.7 Å². The Kier molecular flexibility index (Phi) is 4.30. The van der Waals surface area contributed by atoms with Crippen molar-refractivity contribution in [1.82, 2.24) is 14.8 Å². The van der Waals surface area contributed by atoms with E-state index in [0.29, 0.717) is 25.2 Å². The number of H-pyrrole nitrogens is 1. The smallest absolute Gasteiger partial charge is 0.255 e. The van der Waals surface area contributed by atoms with E-state index in [-0.39, 0.29) is 41.1 Å². The Morgan fingerprint density at radius 3 is 2.63 bits per heavy atom. The molecule has 0 unspecified atom stereocenters. The Morgan fingerprint density at radius 1 is 1.15 bits per heavy atom. The molecule has 2 aliphatic rings. The standard InChI is InChI=1S/C20H20FN3O3/c1-12(25)24-10-15-9-23(20(27)14-5-6-18(26)22-8-14)11-17(15)19(24)13-3-2-4-16(21)7-13/h2-8,15,17,19H,9-11H2,1H3,(H,22,26)/t15-,17-,19+/m1/s1. The van der Waals surface area contributed by atoms with Gasteiger partial charge in [0.15, 0.2) is 0 Å². The van der Waals surface area contributed by atoms with E-state index in [2.05, 4.69) is 4.98 Å². The lowest BCUT2D eigenvalue weighted by atomic mass is 9.89. The fourth-order valence-corrected chi connectivity index (χ4v) is 4.38. The lowest BCUT2D eigenvalue weighted by Gasteiger charge is -2.29. The molecular formula is C20H20FN3O3. The number of fused-ring (bicyclic) bond motifs is 1. The summed E-state index contributed by atoms with van der Waals surface area (Å²) in [7, 11) is 0. The van der Waals surface area contributed by atoms with Crippen LogP contribution in [0.1, 0.15) is 28.9 Å². The summed E-state index contributed by atoms with van der Waals surface area (Å²) in [5.41, 5.74) is 0.935. The van der Waals surface area contributed by atoms with Crippen molar-refractivity contribution in [2.75, 3.05) is 19.6 Å². The molecule has 0 aliphatic carbocycles. The molecule has 1 aromatic heterocycles. The van der Waals surface area contributed by atoms with Crippen LogP contribution in [0.15, 0.2) is 47.4 Å². The van der Waals surface area contributed by atoms with Gasteiger partial charge in [-0.2, -0.15) is 0 Å². The average Bonchev–Trinajstić information content (AvgIpc) is 3.19. The van der Waals surface area contributed by atoms with Gasteiger partial charge < -0.3 is 14.8 Å². The van der Waals surface area contributed by atoms with Gasteiger partial charge in [-0.3, -0.25) is 14.4 Å². The molecule has 6 nitrogen and oxygen atoms in total. The van der Waals surface area contributed by atoms with Crippen LogP contribution in [0.25, 0.3) is 0 Å². The normalized spacial score (nSPS) is 24.1. The van der Waals surface area contributed by atoms with E-state index < -0.39 is 0 Å². The van der Waals surface area contributed by atoms with Crippen LogP contribution in [0.3, 0.4) is 0 Å². The molecule has 2 saturated heterocycles. The fourth-order valence-electron chi connectivity index (χ4n) is 4.38. The third-order valence-electron chi connectivity index (χ3n) is 5.58. The summed E-state index contributed by atoms with van der Waals surface area (Å²) in [5.74, 6) is -0.319. The van der Waals surface area contributed by atoms with Crippen molar-refractivity contribution in [3.8, 4) is 0 Å². The van der Waals surface area contributed by atoms with Gasteiger partial charge in [0.05, 0.1) is 11.6 Å². The third-order valence-corrected chi connectivity index (χ3v) is 5.58. The molecule has 2 fully saturated rings. The molecule has 3 atom stereocenters. The lowest BCUT2D eigenvalue weighted by Crippen LogP contribution is -2.36. The summed E-state index contributed by atoms with van der Waals surface area (Å²) in [4.78, 5) is 42.2. The fraction of sp³-hybridized carbons (Fsp3) is 0.350. The lowest BCUT2D eigenvalue weighted by molar-refractivity contribution is -0.130. The first kappa shape index (κ1) is 17.5. The Bertz CT molecular complexity index is 937. The van der Waals surface area contributed by atoms with Crippen molar-refractivity contribution in [3.05, 3.63) is 69.9 Å². The number of rotatable bonds is 2. The number of pyridine rings is 1. The summed E-state index contributed by atoms with van der Waals surface area (Å²) in [6.07, 6.45) is 1.42. The summed E-state index contributed by atoms with van der Waals surface area (Å²) >= 11 is 0. The van der Waals surface area contributed by atoms with Crippen molar-refractivity contribution in [2.45, 2.75) is 13.0 Å². The first-order valence-corrected chi connectivity index (χ1v) is 8.94. The maximum atomic E-state index is 13.8. The average molecular weight is 369 g/mol. The van der Waals surface area contributed by atoms with E-state index in [9.17, 15) is 18.8 Å². The number of benzene rings is 1. The molecule has 0 bridgehead atoms. The van der Waals surface area contributed by atoms with Gasteiger partial charge in [-0.1, -0.05) is 12.1 Å². The number of likely N-dealkylation sites (tertiary alicyclic amines) is 2. The summed E-state index contributed by atoms with van der Waals surface area (Å²) in [5, 5.41) is 0. The highest BCUT2D eigenvalue weighted by Crippen LogP contribution is 2.45. The van der Waals surface area contributed by atoms with E-state index >= 15 is 0 Å². The molecule has 140 valence electrons. The molecule has 27 heavy (non-hydrogen) atoms. The maximum Gasteiger partial charge on any atom is 0.255 e. The van der Waals surface area contributed by atoms with Crippen LogP contribution < -0.4 is 5.56 Å². The summed E-state index contributed by atoms with van der Waals surface area (Å²) < 4.78 is 13.8. The number of carbonyl (C=O) groups excluding carboxylic acids is 2. The zero-order chi connectivity index (χ0) is 19.1. The topological polar surface area (TPSA) is 73.5 Å². The molecule has 0 radical (unpaired) electrons. The molecule has 0 spiro atoms. The van der Waals surface area contributed by atoms with Crippen molar-refractivity contribution in [2.24, 2.45) is 11.8 Å². The second kappa shape index (κ2) is 6.64. The van der Waals surface area contributed by atoms with Crippen LogP contribution in [-0.4, -0.2) is 46.2 Å². The second-order valence-corrected chi connectivity index (χ2v) is 7.25. The molecule has 1 N–H and O–H groups in total. The quantitative estimate of drug-likeness (QED) is 0.877. The van der Waals surface area contributed by atoms with Gasteiger partial charge >= 0.3 is 0 Å². The van der Waals surface area contributed by atoms with Crippen LogP contribution >= 0.6 is 0 Å². The van der Waals surface area contributed by atoms with Crippen molar-refractivity contribution in [3.63, 3.8) is 0 Å². The molecule has 3 heterocycles. The summed E-state index contributed by atoms with van der Waals surface area (Å²) in [6, 6.07) is 8.94. The number of nitrogens with zero attached hydrogens (tertiary/aromatic N) is 2. The van der Waals surface area contributed by atoms with Crippen LogP contribution in [0, 0.1) is 17.7 Å². The first-order valence-electron chi connectivity index (χ1n) is 8.94. The predicted octanol–water partition coefficient (Wildman–Crippen LogP) is 1.81. The van der Waals surface area contributed by atoms with Gasteiger partial charge in [-0.15, -0.1) is 0 Å². The van der Waals surface area contributed by atoms with Gasteiger partial charge in [-0.25, -0.2) is 4.39 Å². The Morgan fingerprint density at radius 2 is 1.96 bits per heavy atom. The minimum absolute atomic E-state index is 0.0443. The van der Waals surface area contributed by atoms with Crippen molar-refractivity contribution < 1.29 is 14.0 Å². The Hall–Kier alpha value is -2.96. The highest BCUT2D eigenvalue weighted by atomic mass is 19.1. The second-order valence-electron chi connectivity index (χ2n) is 7.25.